The van der Waals surface area contributed by atoms with E-state index in [0.717, 1.165) is 31.7 Å². The van der Waals surface area contributed by atoms with Gasteiger partial charge >= 0.3 is 0 Å². The molecule has 1 aromatic carbocycles. The van der Waals surface area contributed by atoms with Crippen LogP contribution in [0.4, 0.5) is 11.5 Å². The number of pyridine rings is 1. The van der Waals surface area contributed by atoms with Gasteiger partial charge < -0.3 is 15.5 Å². The number of amides is 2. The molecule has 1 aliphatic heterocycles. The van der Waals surface area contributed by atoms with Gasteiger partial charge in [0.15, 0.2) is 0 Å². The van der Waals surface area contributed by atoms with Crippen LogP contribution < -0.4 is 15.5 Å². The van der Waals surface area contributed by atoms with Crippen molar-refractivity contribution in [2.24, 2.45) is 0 Å². The van der Waals surface area contributed by atoms with E-state index < -0.39 is 0 Å². The van der Waals surface area contributed by atoms with E-state index in [4.69, 9.17) is 0 Å². The molecule has 0 saturated carbocycles. The molecule has 1 fully saturated rings. The number of nitrogens with one attached hydrogen (secondary N) is 2. The average molecular weight is 324 g/mol. The summed E-state index contributed by atoms with van der Waals surface area (Å²) in [6.45, 7) is 1.76. The van der Waals surface area contributed by atoms with Crippen molar-refractivity contribution in [3.63, 3.8) is 0 Å². The molecule has 0 radical (unpaired) electrons. The number of carbonyl (C=O) groups excluding carboxylic acids is 2. The highest BCUT2D eigenvalue weighted by atomic mass is 16.1. The Morgan fingerprint density at radius 3 is 2.50 bits per heavy atom. The predicted molar refractivity (Wildman–Crippen MR) is 93.1 cm³/mol. The number of nitrogens with zero attached hydrogens (tertiary/aromatic N) is 2. The molecule has 6 nitrogen and oxygen atoms in total. The van der Waals surface area contributed by atoms with Crippen LogP contribution in [0.5, 0.6) is 0 Å². The number of aromatic nitrogens is 1. The van der Waals surface area contributed by atoms with Crippen molar-refractivity contribution in [1.29, 1.82) is 0 Å². The van der Waals surface area contributed by atoms with Crippen LogP contribution in [0.3, 0.4) is 0 Å². The summed E-state index contributed by atoms with van der Waals surface area (Å²) in [5.74, 6) is 0.907. The minimum Gasteiger partial charge on any atom is -0.356 e. The zero-order valence-corrected chi connectivity index (χ0v) is 13.3. The third-order valence-corrected chi connectivity index (χ3v) is 4.18. The first-order valence-corrected chi connectivity index (χ1v) is 8.03. The van der Waals surface area contributed by atoms with Crippen molar-refractivity contribution in [1.82, 2.24) is 10.3 Å². The second-order valence-corrected chi connectivity index (χ2v) is 5.76. The Bertz CT molecular complexity index is 680. The molecule has 3 rings (SSSR count). The van der Waals surface area contributed by atoms with E-state index in [2.05, 4.69) is 20.5 Å². The quantitative estimate of drug-likeness (QED) is 0.826. The van der Waals surface area contributed by atoms with E-state index >= 15 is 0 Å². The minimum absolute atomic E-state index is 0.0797. The summed E-state index contributed by atoms with van der Waals surface area (Å²) in [5, 5.41) is 5.63. The molecule has 24 heavy (non-hydrogen) atoms. The highest BCUT2D eigenvalue weighted by molar-refractivity contribution is 5.95. The second kappa shape index (κ2) is 7.59. The number of piperidine rings is 1. The summed E-state index contributed by atoms with van der Waals surface area (Å²) in [5.41, 5.74) is 1.27. The van der Waals surface area contributed by atoms with Crippen LogP contribution in [-0.2, 0) is 4.79 Å². The third-order valence-electron chi connectivity index (χ3n) is 4.18. The summed E-state index contributed by atoms with van der Waals surface area (Å²) in [6.07, 6.45) is 4.21. The molecule has 2 amide bonds. The Kier molecular flexibility index (Phi) is 5.05. The minimum atomic E-state index is -0.0797. The smallest absolute Gasteiger partial charge is 0.251 e. The number of anilines is 2. The standard InChI is InChI=1S/C18H20N4O2/c23-13-20-15-6-4-14(5-7-15)18(24)21-16-8-11-22(12-9-16)17-3-1-2-10-19-17/h1-7,10,13,16H,8-9,11-12H2,(H,20,23)(H,21,24). The van der Waals surface area contributed by atoms with Gasteiger partial charge in [0.2, 0.25) is 6.41 Å². The molecular formula is C18H20N4O2. The van der Waals surface area contributed by atoms with Crippen LogP contribution in [0.15, 0.2) is 48.7 Å². The van der Waals surface area contributed by atoms with Gasteiger partial charge in [-0.05, 0) is 49.2 Å². The van der Waals surface area contributed by atoms with Crippen LogP contribution in [0.25, 0.3) is 0 Å². The molecule has 0 aliphatic carbocycles. The molecule has 1 saturated heterocycles. The molecular weight excluding hydrogens is 304 g/mol. The van der Waals surface area contributed by atoms with E-state index in [1.54, 1.807) is 30.5 Å². The normalized spacial score (nSPS) is 14.9. The van der Waals surface area contributed by atoms with Gasteiger partial charge in [0.05, 0.1) is 0 Å². The lowest BCUT2D eigenvalue weighted by atomic mass is 10.0. The Hall–Kier alpha value is -2.89. The van der Waals surface area contributed by atoms with Crippen molar-refractivity contribution in [3.05, 3.63) is 54.2 Å². The molecule has 0 atom stereocenters. The number of benzene rings is 1. The van der Waals surface area contributed by atoms with Crippen molar-refractivity contribution in [2.75, 3.05) is 23.3 Å². The fraction of sp³-hybridized carbons (Fsp3) is 0.278. The van der Waals surface area contributed by atoms with Crippen LogP contribution in [0.2, 0.25) is 0 Å². The zero-order valence-electron chi connectivity index (χ0n) is 13.3. The van der Waals surface area contributed by atoms with Crippen molar-refractivity contribution >= 4 is 23.8 Å². The molecule has 2 aromatic rings. The topological polar surface area (TPSA) is 74.3 Å². The van der Waals surface area contributed by atoms with E-state index in [1.165, 1.54) is 0 Å². The zero-order chi connectivity index (χ0) is 16.8. The molecule has 0 unspecified atom stereocenters. The number of rotatable bonds is 5. The van der Waals surface area contributed by atoms with Gasteiger partial charge in [0.1, 0.15) is 5.82 Å². The van der Waals surface area contributed by atoms with Gasteiger partial charge in [-0.25, -0.2) is 4.98 Å². The molecule has 0 spiro atoms. The van der Waals surface area contributed by atoms with Crippen molar-refractivity contribution < 1.29 is 9.59 Å². The molecule has 2 N–H and O–H groups in total. The van der Waals surface area contributed by atoms with E-state index in [1.807, 2.05) is 18.2 Å². The molecule has 124 valence electrons. The lowest BCUT2D eigenvalue weighted by Gasteiger charge is -2.33. The molecule has 2 heterocycles. The second-order valence-electron chi connectivity index (χ2n) is 5.76. The van der Waals surface area contributed by atoms with E-state index in [9.17, 15) is 9.59 Å². The fourth-order valence-corrected chi connectivity index (χ4v) is 2.85. The highest BCUT2D eigenvalue weighted by Gasteiger charge is 2.21. The van der Waals surface area contributed by atoms with Gasteiger partial charge in [-0.3, -0.25) is 9.59 Å². The van der Waals surface area contributed by atoms with Gasteiger partial charge in [-0.1, -0.05) is 6.07 Å². The van der Waals surface area contributed by atoms with Crippen LogP contribution in [-0.4, -0.2) is 36.4 Å². The van der Waals surface area contributed by atoms with Crippen LogP contribution in [0.1, 0.15) is 23.2 Å². The average Bonchev–Trinajstić information content (AvgIpc) is 2.64. The summed E-state index contributed by atoms with van der Waals surface area (Å²) < 4.78 is 0. The first-order chi connectivity index (χ1) is 11.8. The largest absolute Gasteiger partial charge is 0.356 e. The SMILES string of the molecule is O=CNc1ccc(C(=O)NC2CCN(c3ccccn3)CC2)cc1. The Morgan fingerprint density at radius 1 is 1.12 bits per heavy atom. The number of hydrogen-bond donors (Lipinski definition) is 2. The fourth-order valence-electron chi connectivity index (χ4n) is 2.85. The van der Waals surface area contributed by atoms with Crippen LogP contribution in [0, 0.1) is 0 Å². The first kappa shape index (κ1) is 16.0. The lowest BCUT2D eigenvalue weighted by Crippen LogP contribution is -2.44. The Balaban J connectivity index is 1.52. The first-order valence-electron chi connectivity index (χ1n) is 8.03. The van der Waals surface area contributed by atoms with Gasteiger partial charge in [0, 0.05) is 36.6 Å². The predicted octanol–water partition coefficient (Wildman–Crippen LogP) is 2.05. The van der Waals surface area contributed by atoms with Gasteiger partial charge in [-0.2, -0.15) is 0 Å². The van der Waals surface area contributed by atoms with E-state index in [-0.39, 0.29) is 11.9 Å². The third kappa shape index (κ3) is 3.90. The monoisotopic (exact) mass is 324 g/mol. The molecule has 0 bridgehead atoms. The summed E-state index contributed by atoms with van der Waals surface area (Å²) in [4.78, 5) is 29.3. The van der Waals surface area contributed by atoms with Gasteiger partial charge in [-0.15, -0.1) is 0 Å². The van der Waals surface area contributed by atoms with Crippen LogP contribution >= 0.6 is 0 Å². The van der Waals surface area contributed by atoms with E-state index in [0.29, 0.717) is 17.7 Å². The number of carbonyl (C=O) groups is 2. The lowest BCUT2D eigenvalue weighted by molar-refractivity contribution is -0.105. The molecule has 1 aromatic heterocycles. The Morgan fingerprint density at radius 2 is 1.88 bits per heavy atom. The summed E-state index contributed by atoms with van der Waals surface area (Å²) in [7, 11) is 0. The van der Waals surface area contributed by atoms with Crippen molar-refractivity contribution in [2.45, 2.75) is 18.9 Å². The molecule has 1 aliphatic rings. The maximum Gasteiger partial charge on any atom is 0.251 e. The summed E-state index contributed by atoms with van der Waals surface area (Å²) >= 11 is 0. The van der Waals surface area contributed by atoms with Crippen molar-refractivity contribution in [3.8, 4) is 0 Å². The Labute approximate surface area is 140 Å². The maximum atomic E-state index is 12.3. The summed E-state index contributed by atoms with van der Waals surface area (Å²) in [6, 6.07) is 12.9. The maximum absolute atomic E-state index is 12.3. The highest BCUT2D eigenvalue weighted by Crippen LogP contribution is 2.18. The number of hydrogen-bond acceptors (Lipinski definition) is 4. The molecule has 6 heteroatoms. The van der Waals surface area contributed by atoms with Gasteiger partial charge in [0.25, 0.3) is 5.91 Å².